The first-order valence-electron chi connectivity index (χ1n) is 13.0. The molecule has 0 spiro atoms. The lowest BCUT2D eigenvalue weighted by Gasteiger charge is -2.21. The van der Waals surface area contributed by atoms with Gasteiger partial charge in [-0.05, 0) is 71.2 Å². The van der Waals surface area contributed by atoms with Crippen molar-refractivity contribution in [2.45, 2.75) is 57.4 Å². The third-order valence-electron chi connectivity index (χ3n) is 6.92. The van der Waals surface area contributed by atoms with E-state index in [4.69, 9.17) is 10.5 Å². The van der Waals surface area contributed by atoms with Crippen LogP contribution in [0.5, 0.6) is 0 Å². The molecule has 2 amide bonds. The highest BCUT2D eigenvalue weighted by molar-refractivity contribution is 5.96. The van der Waals surface area contributed by atoms with Crippen molar-refractivity contribution in [2.75, 3.05) is 18.5 Å². The summed E-state index contributed by atoms with van der Waals surface area (Å²) in [5.74, 6) is -0.307. The molecule has 0 radical (unpaired) electrons. The Morgan fingerprint density at radius 1 is 0.892 bits per heavy atom. The van der Waals surface area contributed by atoms with Gasteiger partial charge in [-0.25, -0.2) is 4.79 Å². The maximum Gasteiger partial charge on any atom is 0.407 e. The molecule has 0 heterocycles. The summed E-state index contributed by atoms with van der Waals surface area (Å²) in [6.45, 7) is 7.17. The fourth-order valence-electron chi connectivity index (χ4n) is 4.83. The molecular formula is C31H37N3O3. The fourth-order valence-corrected chi connectivity index (χ4v) is 4.83. The second kappa shape index (κ2) is 11.6. The smallest absolute Gasteiger partial charge is 0.407 e. The van der Waals surface area contributed by atoms with Crippen LogP contribution in [0.3, 0.4) is 0 Å². The molecule has 4 N–H and O–H groups in total. The minimum absolute atomic E-state index is 0.0267. The Kier molecular flexibility index (Phi) is 8.29. The van der Waals surface area contributed by atoms with Crippen LogP contribution >= 0.6 is 0 Å². The van der Waals surface area contributed by atoms with Crippen molar-refractivity contribution in [3.8, 4) is 11.1 Å². The van der Waals surface area contributed by atoms with E-state index in [0.717, 1.165) is 24.0 Å². The predicted molar refractivity (Wildman–Crippen MR) is 149 cm³/mol. The van der Waals surface area contributed by atoms with E-state index in [0.29, 0.717) is 18.7 Å². The van der Waals surface area contributed by atoms with Crippen LogP contribution in [0, 0.1) is 0 Å². The van der Waals surface area contributed by atoms with Gasteiger partial charge in [0.25, 0.3) is 0 Å². The number of ether oxygens (including phenoxy) is 1. The van der Waals surface area contributed by atoms with E-state index in [1.54, 1.807) is 0 Å². The van der Waals surface area contributed by atoms with Crippen LogP contribution in [-0.2, 0) is 14.9 Å². The molecule has 4 rings (SSSR count). The Bertz CT molecular complexity index is 1190. The second-order valence-electron chi connectivity index (χ2n) is 10.6. The van der Waals surface area contributed by atoms with Crippen LogP contribution in [-0.4, -0.2) is 31.2 Å². The lowest BCUT2D eigenvalue weighted by Crippen LogP contribution is -2.44. The van der Waals surface area contributed by atoms with Crippen LogP contribution < -0.4 is 16.4 Å². The second-order valence-corrected chi connectivity index (χ2v) is 10.6. The first-order valence-corrected chi connectivity index (χ1v) is 13.0. The average Bonchev–Trinajstić information content (AvgIpc) is 3.20. The van der Waals surface area contributed by atoms with E-state index < -0.39 is 12.1 Å². The molecule has 0 unspecified atom stereocenters. The molecule has 6 heteroatoms. The van der Waals surface area contributed by atoms with Gasteiger partial charge in [-0.3, -0.25) is 4.79 Å². The number of nitrogens with two attached hydrogens (primary N) is 1. The Morgan fingerprint density at radius 2 is 1.49 bits per heavy atom. The number of carbonyl (C=O) groups is 2. The number of hydrogen-bond acceptors (Lipinski definition) is 4. The molecule has 37 heavy (non-hydrogen) atoms. The largest absolute Gasteiger partial charge is 0.449 e. The Labute approximate surface area is 219 Å². The van der Waals surface area contributed by atoms with Gasteiger partial charge >= 0.3 is 6.09 Å². The molecule has 1 aliphatic carbocycles. The normalized spacial score (nSPS) is 13.4. The summed E-state index contributed by atoms with van der Waals surface area (Å²) in [6.07, 6.45) is 1.38. The van der Waals surface area contributed by atoms with Gasteiger partial charge in [0.1, 0.15) is 12.6 Å². The Morgan fingerprint density at radius 3 is 2.05 bits per heavy atom. The van der Waals surface area contributed by atoms with E-state index in [2.05, 4.69) is 55.7 Å². The summed E-state index contributed by atoms with van der Waals surface area (Å²) < 4.78 is 5.68. The molecule has 1 aliphatic rings. The van der Waals surface area contributed by atoms with Gasteiger partial charge in [0.2, 0.25) is 5.91 Å². The lowest BCUT2D eigenvalue weighted by atomic mass is 9.87. The number of rotatable bonds is 9. The number of carbonyl (C=O) groups excluding carboxylic acids is 2. The van der Waals surface area contributed by atoms with Gasteiger partial charge in [-0.15, -0.1) is 0 Å². The van der Waals surface area contributed by atoms with Gasteiger partial charge in [-0.2, -0.15) is 0 Å². The molecule has 194 valence electrons. The minimum Gasteiger partial charge on any atom is -0.449 e. The van der Waals surface area contributed by atoms with Crippen molar-refractivity contribution in [3.05, 3.63) is 89.5 Å². The molecular weight excluding hydrogens is 462 g/mol. The van der Waals surface area contributed by atoms with Crippen molar-refractivity contribution < 1.29 is 14.3 Å². The topological polar surface area (TPSA) is 93.5 Å². The molecule has 0 saturated carbocycles. The highest BCUT2D eigenvalue weighted by atomic mass is 16.5. The molecule has 3 aromatic rings. The molecule has 0 aliphatic heterocycles. The number of benzene rings is 3. The zero-order valence-corrected chi connectivity index (χ0v) is 21.9. The van der Waals surface area contributed by atoms with Crippen molar-refractivity contribution in [1.29, 1.82) is 0 Å². The highest BCUT2D eigenvalue weighted by Crippen LogP contribution is 2.44. The van der Waals surface area contributed by atoms with Crippen LogP contribution in [0.4, 0.5) is 10.5 Å². The molecule has 0 bridgehead atoms. The Balaban J connectivity index is 1.40. The summed E-state index contributed by atoms with van der Waals surface area (Å²) >= 11 is 0. The van der Waals surface area contributed by atoms with E-state index in [1.165, 1.54) is 16.7 Å². The number of unbranched alkanes of at least 4 members (excludes halogenated alkanes) is 1. The predicted octanol–water partition coefficient (Wildman–Crippen LogP) is 5.96. The average molecular weight is 500 g/mol. The van der Waals surface area contributed by atoms with Gasteiger partial charge in [-0.1, -0.05) is 81.4 Å². The van der Waals surface area contributed by atoms with E-state index in [1.807, 2.05) is 48.5 Å². The number of anilines is 1. The van der Waals surface area contributed by atoms with Gasteiger partial charge in [0.15, 0.2) is 0 Å². The SMILES string of the molecule is CC(C)(C)c1ccc(NC(=O)[C@H](CCCCN)NC(=O)OCC2c3ccccc3-c3ccccc32)cc1. The molecule has 0 fully saturated rings. The van der Waals surface area contributed by atoms with Crippen molar-refractivity contribution in [2.24, 2.45) is 5.73 Å². The number of amides is 2. The lowest BCUT2D eigenvalue weighted by molar-refractivity contribution is -0.118. The number of alkyl carbamates (subject to hydrolysis) is 1. The minimum atomic E-state index is -0.718. The van der Waals surface area contributed by atoms with Crippen molar-refractivity contribution in [1.82, 2.24) is 5.32 Å². The number of fused-ring (bicyclic) bond motifs is 3. The van der Waals surface area contributed by atoms with E-state index in [-0.39, 0.29) is 23.8 Å². The fraction of sp³-hybridized carbons (Fsp3) is 0.355. The third kappa shape index (κ3) is 6.38. The number of nitrogens with one attached hydrogen (secondary N) is 2. The quantitative estimate of drug-likeness (QED) is 0.317. The summed E-state index contributed by atoms with van der Waals surface area (Å²) in [6, 6.07) is 23.5. The van der Waals surface area contributed by atoms with Crippen LogP contribution in [0.2, 0.25) is 0 Å². The first kappa shape index (κ1) is 26.4. The zero-order valence-electron chi connectivity index (χ0n) is 21.9. The van der Waals surface area contributed by atoms with Crippen LogP contribution in [0.25, 0.3) is 11.1 Å². The van der Waals surface area contributed by atoms with E-state index >= 15 is 0 Å². The highest BCUT2D eigenvalue weighted by Gasteiger charge is 2.30. The van der Waals surface area contributed by atoms with Crippen molar-refractivity contribution >= 4 is 17.7 Å². The third-order valence-corrected chi connectivity index (χ3v) is 6.92. The summed E-state index contributed by atoms with van der Waals surface area (Å²) in [5.41, 5.74) is 12.2. The van der Waals surface area contributed by atoms with Crippen LogP contribution in [0.15, 0.2) is 72.8 Å². The monoisotopic (exact) mass is 499 g/mol. The zero-order chi connectivity index (χ0) is 26.4. The molecule has 3 aromatic carbocycles. The van der Waals surface area contributed by atoms with E-state index in [9.17, 15) is 9.59 Å². The maximum atomic E-state index is 13.1. The van der Waals surface area contributed by atoms with Crippen LogP contribution in [0.1, 0.15) is 62.6 Å². The maximum absolute atomic E-state index is 13.1. The Hall–Kier alpha value is -3.64. The van der Waals surface area contributed by atoms with Gasteiger partial charge in [0, 0.05) is 11.6 Å². The van der Waals surface area contributed by atoms with Crippen molar-refractivity contribution in [3.63, 3.8) is 0 Å². The summed E-state index contributed by atoms with van der Waals surface area (Å²) in [4.78, 5) is 25.9. The molecule has 6 nitrogen and oxygen atoms in total. The first-order chi connectivity index (χ1) is 17.8. The summed E-state index contributed by atoms with van der Waals surface area (Å²) in [5, 5.41) is 5.73. The van der Waals surface area contributed by atoms with Gasteiger partial charge < -0.3 is 21.1 Å². The molecule has 0 saturated heterocycles. The number of hydrogen-bond donors (Lipinski definition) is 3. The summed E-state index contributed by atoms with van der Waals surface area (Å²) in [7, 11) is 0. The van der Waals surface area contributed by atoms with Gasteiger partial charge in [0.05, 0.1) is 0 Å². The molecule has 0 aromatic heterocycles. The molecule has 1 atom stereocenters. The standard InChI is InChI=1S/C31H37N3O3/c1-31(2,3)21-15-17-22(18-16-21)33-29(35)28(14-8-9-19-32)34-30(36)37-20-27-25-12-6-4-10-23(25)24-11-5-7-13-26(24)27/h4-7,10-13,15-18,27-28H,8-9,14,19-20,32H2,1-3H3,(H,33,35)(H,34,36)/t28-/m0/s1.